The Morgan fingerprint density at radius 1 is 1.22 bits per heavy atom. The summed E-state index contributed by atoms with van der Waals surface area (Å²) in [5, 5.41) is 12.7. The number of nitrogens with zero attached hydrogens (tertiary/aromatic N) is 3. The van der Waals surface area contributed by atoms with Crippen molar-refractivity contribution in [3.8, 4) is 0 Å². The summed E-state index contributed by atoms with van der Waals surface area (Å²) in [5.41, 5.74) is 1.57. The summed E-state index contributed by atoms with van der Waals surface area (Å²) in [5.74, 6) is 0.148. The summed E-state index contributed by atoms with van der Waals surface area (Å²) < 4.78 is 1.84. The number of hydrogen-bond acceptors (Lipinski definition) is 4. The Kier molecular flexibility index (Phi) is 5.05. The molecule has 23 heavy (non-hydrogen) atoms. The first-order chi connectivity index (χ1) is 11.1. The smallest absolute Gasteiger partial charge is 0.230 e. The molecule has 1 aromatic carbocycles. The van der Waals surface area contributed by atoms with E-state index in [0.29, 0.717) is 21.7 Å². The number of carbonyl (C=O) groups excluding carboxylic acids is 1. The van der Waals surface area contributed by atoms with Gasteiger partial charge in [0.2, 0.25) is 5.91 Å². The number of rotatable bonds is 5. The first-order valence-electron chi connectivity index (χ1n) is 6.76. The van der Waals surface area contributed by atoms with Crippen molar-refractivity contribution >= 4 is 46.5 Å². The highest BCUT2D eigenvalue weighted by molar-refractivity contribution is 7.99. The van der Waals surface area contributed by atoms with Gasteiger partial charge in [0.25, 0.3) is 0 Å². The van der Waals surface area contributed by atoms with Gasteiger partial charge in [0, 0.05) is 22.8 Å². The van der Waals surface area contributed by atoms with Crippen molar-refractivity contribution in [2.24, 2.45) is 0 Å². The number of pyridine rings is 1. The highest BCUT2D eigenvalue weighted by atomic mass is 35.5. The Labute approximate surface area is 147 Å². The van der Waals surface area contributed by atoms with Crippen molar-refractivity contribution < 1.29 is 4.79 Å². The Morgan fingerprint density at radius 3 is 2.91 bits per heavy atom. The zero-order chi connectivity index (χ0) is 16.2. The minimum Gasteiger partial charge on any atom is -0.351 e. The van der Waals surface area contributed by atoms with Crippen LogP contribution in [0.1, 0.15) is 5.56 Å². The molecule has 0 aliphatic carbocycles. The van der Waals surface area contributed by atoms with E-state index in [2.05, 4.69) is 15.5 Å². The molecule has 0 unspecified atom stereocenters. The van der Waals surface area contributed by atoms with Gasteiger partial charge in [-0.25, -0.2) is 0 Å². The van der Waals surface area contributed by atoms with Gasteiger partial charge in [-0.15, -0.1) is 10.2 Å². The second-order valence-electron chi connectivity index (χ2n) is 4.71. The molecule has 0 spiro atoms. The fourth-order valence-electron chi connectivity index (χ4n) is 1.96. The summed E-state index contributed by atoms with van der Waals surface area (Å²) in [6.07, 6.45) is 1.86. The first kappa shape index (κ1) is 16.1. The standard InChI is InChI=1S/C15H12Cl2N4OS/c16-11-5-4-10(12(17)7-11)8-18-14(22)9-23-15-20-19-13-3-1-2-6-21(13)15/h1-7H,8-9H2,(H,18,22). The van der Waals surface area contributed by atoms with E-state index in [1.807, 2.05) is 28.8 Å². The normalized spacial score (nSPS) is 10.9. The third-order valence-electron chi connectivity index (χ3n) is 3.11. The van der Waals surface area contributed by atoms with E-state index in [1.54, 1.807) is 18.2 Å². The maximum atomic E-state index is 12.0. The highest BCUT2D eigenvalue weighted by Gasteiger charge is 2.09. The summed E-state index contributed by atoms with van der Waals surface area (Å²) in [4.78, 5) is 12.0. The molecule has 5 nitrogen and oxygen atoms in total. The van der Waals surface area contributed by atoms with Gasteiger partial charge in [-0.3, -0.25) is 9.20 Å². The predicted octanol–water partition coefficient (Wildman–Crippen LogP) is 3.44. The molecular weight excluding hydrogens is 355 g/mol. The summed E-state index contributed by atoms with van der Waals surface area (Å²) >= 11 is 13.2. The molecule has 118 valence electrons. The first-order valence-corrected chi connectivity index (χ1v) is 8.51. The average molecular weight is 367 g/mol. The molecule has 2 heterocycles. The molecule has 0 aliphatic heterocycles. The molecule has 3 rings (SSSR count). The monoisotopic (exact) mass is 366 g/mol. The zero-order valence-corrected chi connectivity index (χ0v) is 14.2. The van der Waals surface area contributed by atoms with Gasteiger partial charge in [-0.1, -0.05) is 47.1 Å². The zero-order valence-electron chi connectivity index (χ0n) is 11.9. The van der Waals surface area contributed by atoms with Crippen molar-refractivity contribution in [3.63, 3.8) is 0 Å². The van der Waals surface area contributed by atoms with Crippen LogP contribution in [0.25, 0.3) is 5.65 Å². The van der Waals surface area contributed by atoms with Crippen LogP contribution in [0.5, 0.6) is 0 Å². The van der Waals surface area contributed by atoms with Gasteiger partial charge in [0.05, 0.1) is 5.75 Å². The molecule has 2 aromatic heterocycles. The largest absolute Gasteiger partial charge is 0.351 e. The molecule has 1 N–H and O–H groups in total. The van der Waals surface area contributed by atoms with Crippen LogP contribution in [0.15, 0.2) is 47.8 Å². The molecule has 0 saturated carbocycles. The van der Waals surface area contributed by atoms with Gasteiger partial charge in [-0.2, -0.15) is 0 Å². The van der Waals surface area contributed by atoms with E-state index in [4.69, 9.17) is 23.2 Å². The summed E-state index contributed by atoms with van der Waals surface area (Å²) in [6.45, 7) is 0.357. The van der Waals surface area contributed by atoms with Crippen LogP contribution in [0, 0.1) is 0 Å². The average Bonchev–Trinajstić information content (AvgIpc) is 2.95. The lowest BCUT2D eigenvalue weighted by atomic mass is 10.2. The topological polar surface area (TPSA) is 59.3 Å². The van der Waals surface area contributed by atoms with Gasteiger partial charge < -0.3 is 5.32 Å². The fraction of sp³-hybridized carbons (Fsp3) is 0.133. The Hall–Kier alpha value is -1.76. The quantitative estimate of drug-likeness (QED) is 0.702. The molecule has 1 amide bonds. The molecule has 0 saturated heterocycles. The lowest BCUT2D eigenvalue weighted by molar-refractivity contribution is -0.118. The van der Waals surface area contributed by atoms with Gasteiger partial charge >= 0.3 is 0 Å². The van der Waals surface area contributed by atoms with E-state index in [1.165, 1.54) is 11.8 Å². The van der Waals surface area contributed by atoms with Crippen LogP contribution in [0.3, 0.4) is 0 Å². The van der Waals surface area contributed by atoms with Gasteiger partial charge in [0.1, 0.15) is 0 Å². The predicted molar refractivity (Wildman–Crippen MR) is 92.0 cm³/mol. The molecule has 0 fully saturated rings. The van der Waals surface area contributed by atoms with E-state index in [9.17, 15) is 4.79 Å². The molecule has 0 radical (unpaired) electrons. The van der Waals surface area contributed by atoms with Crippen molar-refractivity contribution in [1.29, 1.82) is 0 Å². The van der Waals surface area contributed by atoms with Crippen LogP contribution >= 0.6 is 35.0 Å². The van der Waals surface area contributed by atoms with Crippen molar-refractivity contribution in [1.82, 2.24) is 19.9 Å². The number of aromatic nitrogens is 3. The molecule has 0 aliphatic rings. The SMILES string of the molecule is O=C(CSc1nnc2ccccn12)NCc1ccc(Cl)cc1Cl. The number of hydrogen-bond donors (Lipinski definition) is 1. The Bertz CT molecular complexity index is 852. The molecule has 0 bridgehead atoms. The van der Waals surface area contributed by atoms with Crippen molar-refractivity contribution in [3.05, 3.63) is 58.2 Å². The van der Waals surface area contributed by atoms with Gasteiger partial charge in [0.15, 0.2) is 10.8 Å². The number of benzene rings is 1. The molecule has 0 atom stereocenters. The number of carbonyl (C=O) groups is 1. The number of amides is 1. The second-order valence-corrected chi connectivity index (χ2v) is 6.50. The van der Waals surface area contributed by atoms with Crippen LogP contribution in [0.2, 0.25) is 10.0 Å². The maximum absolute atomic E-state index is 12.0. The third-order valence-corrected chi connectivity index (χ3v) is 4.64. The van der Waals surface area contributed by atoms with Crippen molar-refractivity contribution in [2.45, 2.75) is 11.7 Å². The van der Waals surface area contributed by atoms with Crippen LogP contribution < -0.4 is 5.32 Å². The highest BCUT2D eigenvalue weighted by Crippen LogP contribution is 2.21. The van der Waals surface area contributed by atoms with E-state index >= 15 is 0 Å². The van der Waals surface area contributed by atoms with E-state index in [-0.39, 0.29) is 11.7 Å². The molecule has 8 heteroatoms. The van der Waals surface area contributed by atoms with Gasteiger partial charge in [-0.05, 0) is 29.8 Å². The lowest BCUT2D eigenvalue weighted by Gasteiger charge is -2.07. The van der Waals surface area contributed by atoms with E-state index < -0.39 is 0 Å². The number of halogens is 2. The van der Waals surface area contributed by atoms with E-state index in [0.717, 1.165) is 11.2 Å². The molecular formula is C15H12Cl2N4OS. The minimum atomic E-state index is -0.103. The van der Waals surface area contributed by atoms with Crippen LogP contribution in [-0.4, -0.2) is 26.3 Å². The number of thioether (sulfide) groups is 1. The number of fused-ring (bicyclic) bond motifs is 1. The summed E-state index contributed by atoms with van der Waals surface area (Å²) in [7, 11) is 0. The lowest BCUT2D eigenvalue weighted by Crippen LogP contribution is -2.24. The summed E-state index contributed by atoms with van der Waals surface area (Å²) in [6, 6.07) is 10.8. The Balaban J connectivity index is 1.55. The Morgan fingerprint density at radius 2 is 2.09 bits per heavy atom. The number of nitrogens with one attached hydrogen (secondary N) is 1. The fourth-order valence-corrected chi connectivity index (χ4v) is 3.19. The second kappa shape index (κ2) is 7.21. The molecule has 3 aromatic rings. The van der Waals surface area contributed by atoms with Crippen LogP contribution in [-0.2, 0) is 11.3 Å². The van der Waals surface area contributed by atoms with Crippen LogP contribution in [0.4, 0.5) is 0 Å². The maximum Gasteiger partial charge on any atom is 0.230 e. The third kappa shape index (κ3) is 3.96. The van der Waals surface area contributed by atoms with Crippen molar-refractivity contribution in [2.75, 3.05) is 5.75 Å². The minimum absolute atomic E-state index is 0.103.